The summed E-state index contributed by atoms with van der Waals surface area (Å²) >= 11 is 0. The van der Waals surface area contributed by atoms with Gasteiger partial charge >= 0.3 is 0 Å². The number of aromatic nitrogens is 1. The van der Waals surface area contributed by atoms with Crippen LogP contribution in [-0.2, 0) is 24.7 Å². The maximum atomic E-state index is 12.8. The molecule has 144 valence electrons. The first-order valence-corrected chi connectivity index (χ1v) is 9.36. The van der Waals surface area contributed by atoms with Crippen LogP contribution in [-0.4, -0.2) is 59.5 Å². The fourth-order valence-electron chi connectivity index (χ4n) is 3.48. The number of aryl methyl sites for hydroxylation is 2. The van der Waals surface area contributed by atoms with Crippen LogP contribution in [0.4, 0.5) is 0 Å². The minimum absolute atomic E-state index is 0.0162. The Bertz CT molecular complexity index is 820. The molecule has 6 nitrogen and oxygen atoms in total. The van der Waals surface area contributed by atoms with E-state index in [1.165, 1.54) is 0 Å². The second kappa shape index (κ2) is 8.29. The Balaban J connectivity index is 1.58. The highest BCUT2D eigenvalue weighted by molar-refractivity contribution is 5.95. The van der Waals surface area contributed by atoms with Gasteiger partial charge in [0.05, 0.1) is 13.5 Å². The van der Waals surface area contributed by atoms with Crippen molar-refractivity contribution in [2.45, 2.75) is 19.8 Å². The SMILES string of the molecule is CCc1cc(C(=O)N2CCN(C(=O)Cc3ccn(C)c3)CC2)ccc1OC. The van der Waals surface area contributed by atoms with Crippen molar-refractivity contribution in [2.24, 2.45) is 7.05 Å². The Hall–Kier alpha value is -2.76. The van der Waals surface area contributed by atoms with Crippen LogP contribution in [0.1, 0.15) is 28.4 Å². The van der Waals surface area contributed by atoms with Gasteiger partial charge in [-0.3, -0.25) is 9.59 Å². The number of rotatable bonds is 5. The molecule has 1 aliphatic rings. The van der Waals surface area contributed by atoms with Gasteiger partial charge in [-0.2, -0.15) is 0 Å². The Morgan fingerprint density at radius 3 is 2.37 bits per heavy atom. The molecule has 0 saturated carbocycles. The quantitative estimate of drug-likeness (QED) is 0.811. The second-order valence-electron chi connectivity index (χ2n) is 6.92. The van der Waals surface area contributed by atoms with E-state index in [1.54, 1.807) is 7.11 Å². The first-order chi connectivity index (χ1) is 13.0. The Morgan fingerprint density at radius 2 is 1.78 bits per heavy atom. The molecule has 0 bridgehead atoms. The summed E-state index contributed by atoms with van der Waals surface area (Å²) in [6.45, 7) is 4.32. The highest BCUT2D eigenvalue weighted by atomic mass is 16.5. The molecule has 0 N–H and O–H groups in total. The van der Waals surface area contributed by atoms with Crippen LogP contribution < -0.4 is 4.74 Å². The van der Waals surface area contributed by atoms with E-state index in [2.05, 4.69) is 0 Å². The number of amides is 2. The normalized spacial score (nSPS) is 14.3. The van der Waals surface area contributed by atoms with Gasteiger partial charge in [-0.05, 0) is 41.8 Å². The summed E-state index contributed by atoms with van der Waals surface area (Å²) in [5.41, 5.74) is 2.73. The molecular weight excluding hydrogens is 342 g/mol. The Labute approximate surface area is 160 Å². The number of piperazine rings is 1. The lowest BCUT2D eigenvalue weighted by molar-refractivity contribution is -0.131. The number of carbonyl (C=O) groups is 2. The van der Waals surface area contributed by atoms with E-state index in [0.717, 1.165) is 23.3 Å². The van der Waals surface area contributed by atoms with Crippen molar-refractivity contribution in [3.05, 3.63) is 53.3 Å². The lowest BCUT2D eigenvalue weighted by Crippen LogP contribution is -2.51. The van der Waals surface area contributed by atoms with Gasteiger partial charge in [0.15, 0.2) is 0 Å². The summed E-state index contributed by atoms with van der Waals surface area (Å²) in [4.78, 5) is 29.0. The molecule has 0 unspecified atom stereocenters. The molecule has 1 aromatic heterocycles. The number of methoxy groups -OCH3 is 1. The third kappa shape index (κ3) is 4.32. The molecule has 0 radical (unpaired) electrons. The summed E-state index contributed by atoms with van der Waals surface area (Å²) < 4.78 is 7.28. The van der Waals surface area contributed by atoms with E-state index in [-0.39, 0.29) is 11.8 Å². The van der Waals surface area contributed by atoms with Crippen LogP contribution in [0.3, 0.4) is 0 Å². The van der Waals surface area contributed by atoms with Crippen LogP contribution >= 0.6 is 0 Å². The van der Waals surface area contributed by atoms with Gasteiger partial charge in [-0.25, -0.2) is 0 Å². The molecular formula is C21H27N3O3. The van der Waals surface area contributed by atoms with Gasteiger partial charge in [-0.1, -0.05) is 6.92 Å². The van der Waals surface area contributed by atoms with E-state index in [4.69, 9.17) is 4.74 Å². The minimum atomic E-state index is 0.0162. The molecule has 1 saturated heterocycles. The summed E-state index contributed by atoms with van der Waals surface area (Å²) in [6.07, 6.45) is 5.13. The third-order valence-electron chi connectivity index (χ3n) is 5.08. The molecule has 1 aliphatic heterocycles. The number of carbonyl (C=O) groups excluding carboxylic acids is 2. The molecule has 0 aliphatic carbocycles. The van der Waals surface area contributed by atoms with Crippen LogP contribution in [0.5, 0.6) is 5.75 Å². The van der Waals surface area contributed by atoms with Crippen molar-refractivity contribution in [1.29, 1.82) is 0 Å². The fourth-order valence-corrected chi connectivity index (χ4v) is 3.48. The molecule has 27 heavy (non-hydrogen) atoms. The molecule has 0 atom stereocenters. The van der Waals surface area contributed by atoms with Crippen LogP contribution in [0.2, 0.25) is 0 Å². The number of benzene rings is 1. The van der Waals surface area contributed by atoms with Crippen molar-refractivity contribution in [3.63, 3.8) is 0 Å². The average molecular weight is 369 g/mol. The zero-order valence-corrected chi connectivity index (χ0v) is 16.3. The Kier molecular flexibility index (Phi) is 5.84. The summed E-state index contributed by atoms with van der Waals surface area (Å²) in [7, 11) is 3.59. The van der Waals surface area contributed by atoms with Gasteiger partial charge < -0.3 is 19.1 Å². The lowest BCUT2D eigenvalue weighted by atomic mass is 10.1. The third-order valence-corrected chi connectivity index (χ3v) is 5.08. The van der Waals surface area contributed by atoms with E-state index >= 15 is 0 Å². The first-order valence-electron chi connectivity index (χ1n) is 9.36. The standard InChI is InChI=1S/C21H27N3O3/c1-4-17-14-18(5-6-19(17)27-3)21(26)24-11-9-23(10-12-24)20(25)13-16-7-8-22(2)15-16/h5-8,14-15H,4,9-13H2,1-3H3. The lowest BCUT2D eigenvalue weighted by Gasteiger charge is -2.35. The number of nitrogens with zero attached hydrogens (tertiary/aromatic N) is 3. The Morgan fingerprint density at radius 1 is 1.07 bits per heavy atom. The summed E-state index contributed by atoms with van der Waals surface area (Å²) in [6, 6.07) is 7.54. The van der Waals surface area contributed by atoms with E-state index < -0.39 is 0 Å². The molecule has 1 aromatic carbocycles. The zero-order chi connectivity index (χ0) is 19.4. The van der Waals surface area contributed by atoms with Crippen LogP contribution in [0.15, 0.2) is 36.7 Å². The highest BCUT2D eigenvalue weighted by Crippen LogP contribution is 2.21. The zero-order valence-electron chi connectivity index (χ0n) is 16.3. The van der Waals surface area contributed by atoms with Gasteiger partial charge in [0, 0.05) is 51.2 Å². The van der Waals surface area contributed by atoms with Crippen molar-refractivity contribution >= 4 is 11.8 Å². The number of hydrogen-bond acceptors (Lipinski definition) is 3. The number of hydrogen-bond donors (Lipinski definition) is 0. The van der Waals surface area contributed by atoms with Crippen molar-refractivity contribution in [1.82, 2.24) is 14.4 Å². The first kappa shape index (κ1) is 19.0. The number of ether oxygens (including phenoxy) is 1. The van der Waals surface area contributed by atoms with Crippen molar-refractivity contribution < 1.29 is 14.3 Å². The maximum absolute atomic E-state index is 12.8. The van der Waals surface area contributed by atoms with Gasteiger partial charge in [-0.15, -0.1) is 0 Å². The largest absolute Gasteiger partial charge is 0.496 e. The summed E-state index contributed by atoms with van der Waals surface area (Å²) in [5, 5.41) is 0. The van der Waals surface area contributed by atoms with Crippen LogP contribution in [0.25, 0.3) is 0 Å². The average Bonchev–Trinajstić information content (AvgIpc) is 3.11. The maximum Gasteiger partial charge on any atom is 0.253 e. The van der Waals surface area contributed by atoms with E-state index in [0.29, 0.717) is 38.2 Å². The topological polar surface area (TPSA) is 54.8 Å². The molecule has 0 spiro atoms. The van der Waals surface area contributed by atoms with Crippen molar-refractivity contribution in [3.8, 4) is 5.75 Å². The fraction of sp³-hybridized carbons (Fsp3) is 0.429. The van der Waals surface area contributed by atoms with E-state index in [9.17, 15) is 9.59 Å². The van der Waals surface area contributed by atoms with Gasteiger partial charge in [0.1, 0.15) is 5.75 Å². The van der Waals surface area contributed by atoms with Gasteiger partial charge in [0.25, 0.3) is 5.91 Å². The second-order valence-corrected chi connectivity index (χ2v) is 6.92. The molecule has 6 heteroatoms. The molecule has 2 aromatic rings. The molecule has 1 fully saturated rings. The molecule has 3 rings (SSSR count). The van der Waals surface area contributed by atoms with Crippen LogP contribution in [0, 0.1) is 0 Å². The molecule has 2 amide bonds. The monoisotopic (exact) mass is 369 g/mol. The predicted molar refractivity (Wildman–Crippen MR) is 104 cm³/mol. The van der Waals surface area contributed by atoms with Crippen molar-refractivity contribution in [2.75, 3.05) is 33.3 Å². The smallest absolute Gasteiger partial charge is 0.253 e. The van der Waals surface area contributed by atoms with Gasteiger partial charge in [0.2, 0.25) is 5.91 Å². The summed E-state index contributed by atoms with van der Waals surface area (Å²) in [5.74, 6) is 0.943. The highest BCUT2D eigenvalue weighted by Gasteiger charge is 2.25. The predicted octanol–water partition coefficient (Wildman–Crippen LogP) is 2.12. The van der Waals surface area contributed by atoms with E-state index in [1.807, 2.05) is 65.0 Å². The minimum Gasteiger partial charge on any atom is -0.496 e. The molecule has 2 heterocycles.